The van der Waals surface area contributed by atoms with E-state index in [1.54, 1.807) is 20.3 Å². The van der Waals surface area contributed by atoms with Crippen LogP contribution in [0.25, 0.3) is 21.9 Å². The molecular formula is C30H40N7O5P. The second-order valence-electron chi connectivity index (χ2n) is 12.0. The molecule has 3 unspecified atom stereocenters. The van der Waals surface area contributed by atoms with Crippen LogP contribution < -0.4 is 20.7 Å². The third-order valence-corrected chi connectivity index (χ3v) is 8.36. The number of rotatable bonds is 11. The average Bonchev–Trinajstić information content (AvgIpc) is 3.56. The highest BCUT2D eigenvalue weighted by Crippen LogP contribution is 2.42. The van der Waals surface area contributed by atoms with E-state index in [1.807, 2.05) is 67.8 Å². The van der Waals surface area contributed by atoms with Gasteiger partial charge in [0.2, 0.25) is 5.95 Å². The van der Waals surface area contributed by atoms with Crippen LogP contribution in [0.4, 0.5) is 11.8 Å². The summed E-state index contributed by atoms with van der Waals surface area (Å²) in [4.78, 5) is 25.9. The molecule has 0 bridgehead atoms. The fourth-order valence-corrected chi connectivity index (χ4v) is 6.13. The van der Waals surface area contributed by atoms with Crippen molar-refractivity contribution < 1.29 is 23.3 Å². The van der Waals surface area contributed by atoms with Crippen molar-refractivity contribution >= 4 is 48.2 Å². The molecule has 0 saturated carbocycles. The first-order chi connectivity index (χ1) is 20.5. The largest absolute Gasteiger partial charge is 0.464 e. The van der Waals surface area contributed by atoms with Crippen LogP contribution in [0.2, 0.25) is 0 Å². The number of fused-ring (bicyclic) bond motifs is 2. The quantitative estimate of drug-likeness (QED) is 0.148. The third-order valence-electron chi connectivity index (χ3n) is 7.01. The maximum absolute atomic E-state index is 12.8. The summed E-state index contributed by atoms with van der Waals surface area (Å²) in [5.41, 5.74) is 7.03. The Morgan fingerprint density at radius 1 is 1.21 bits per heavy atom. The Morgan fingerprint density at radius 2 is 1.98 bits per heavy atom. The van der Waals surface area contributed by atoms with Crippen molar-refractivity contribution in [2.75, 3.05) is 31.3 Å². The Balaban J connectivity index is 1.30. The Bertz CT molecular complexity index is 1570. The number of esters is 1. The van der Waals surface area contributed by atoms with Crippen LogP contribution in [0.5, 0.6) is 5.75 Å². The van der Waals surface area contributed by atoms with Gasteiger partial charge >= 0.3 is 14.5 Å². The van der Waals surface area contributed by atoms with Gasteiger partial charge in [0.25, 0.3) is 0 Å². The Hall–Kier alpha value is -3.57. The lowest BCUT2D eigenvalue weighted by molar-refractivity contribution is -0.148. The molecule has 1 saturated heterocycles. The first-order valence-electron chi connectivity index (χ1n) is 14.4. The topological polar surface area (TPSA) is 148 Å². The molecule has 2 aromatic heterocycles. The van der Waals surface area contributed by atoms with Crippen LogP contribution in [0.15, 0.2) is 48.8 Å². The molecule has 0 aliphatic carbocycles. The van der Waals surface area contributed by atoms with Crippen molar-refractivity contribution in [1.29, 1.82) is 0 Å². The van der Waals surface area contributed by atoms with Crippen LogP contribution in [-0.4, -0.2) is 57.9 Å². The van der Waals surface area contributed by atoms with E-state index < -0.39 is 14.6 Å². The van der Waals surface area contributed by atoms with Gasteiger partial charge in [0.15, 0.2) is 17.0 Å². The van der Waals surface area contributed by atoms with Crippen LogP contribution in [-0.2, 0) is 18.8 Å². The van der Waals surface area contributed by atoms with Gasteiger partial charge in [-0.1, -0.05) is 64.1 Å². The fraction of sp³-hybridized carbons (Fsp3) is 0.467. The van der Waals surface area contributed by atoms with Gasteiger partial charge in [-0.3, -0.25) is 9.36 Å². The Labute approximate surface area is 252 Å². The zero-order chi connectivity index (χ0) is 30.7. The highest BCUT2D eigenvalue weighted by Gasteiger charge is 2.36. The van der Waals surface area contributed by atoms with E-state index in [0.29, 0.717) is 29.3 Å². The number of carbonyl (C=O) groups is 1. The number of aromatic nitrogens is 4. The lowest BCUT2D eigenvalue weighted by Gasteiger charge is -2.25. The highest BCUT2D eigenvalue weighted by molar-refractivity contribution is 7.45. The number of nitrogens with zero attached hydrogens (tertiary/aromatic N) is 4. The average molecular weight is 610 g/mol. The van der Waals surface area contributed by atoms with E-state index >= 15 is 0 Å². The molecule has 2 aromatic carbocycles. The van der Waals surface area contributed by atoms with E-state index in [4.69, 9.17) is 24.3 Å². The van der Waals surface area contributed by atoms with Gasteiger partial charge in [0.05, 0.1) is 25.6 Å². The molecule has 1 fully saturated rings. The normalized spacial score (nSPS) is 20.3. The number of hydrogen-bond acceptors (Lipinski definition) is 11. The molecule has 43 heavy (non-hydrogen) atoms. The van der Waals surface area contributed by atoms with Crippen molar-refractivity contribution in [3.8, 4) is 5.75 Å². The summed E-state index contributed by atoms with van der Waals surface area (Å²) < 4.78 is 26.6. The van der Waals surface area contributed by atoms with Crippen molar-refractivity contribution in [3.63, 3.8) is 0 Å². The van der Waals surface area contributed by atoms with E-state index in [2.05, 4.69) is 32.3 Å². The Morgan fingerprint density at radius 3 is 2.74 bits per heavy atom. The summed E-state index contributed by atoms with van der Waals surface area (Å²) in [6, 6.07) is 13.2. The summed E-state index contributed by atoms with van der Waals surface area (Å²) in [6.07, 6.45) is 1.89. The lowest BCUT2D eigenvalue weighted by Crippen LogP contribution is -2.35. The monoisotopic (exact) mass is 609 g/mol. The molecule has 3 heterocycles. The van der Waals surface area contributed by atoms with Gasteiger partial charge < -0.3 is 29.6 Å². The van der Waals surface area contributed by atoms with Gasteiger partial charge in [0.1, 0.15) is 18.0 Å². The minimum atomic E-state index is -1.75. The van der Waals surface area contributed by atoms with Crippen molar-refractivity contribution in [1.82, 2.24) is 24.6 Å². The Kier molecular flexibility index (Phi) is 9.31. The fourth-order valence-electron chi connectivity index (χ4n) is 4.89. The number of hydrogen-bond donors (Lipinski definition) is 3. The summed E-state index contributed by atoms with van der Waals surface area (Å²) in [7, 11) is 0.0188. The molecular weight excluding hydrogens is 569 g/mol. The predicted octanol–water partition coefficient (Wildman–Crippen LogP) is 5.42. The molecule has 1 aliphatic heterocycles. The van der Waals surface area contributed by atoms with Gasteiger partial charge in [0, 0.05) is 18.4 Å². The summed E-state index contributed by atoms with van der Waals surface area (Å²) >= 11 is 0. The second kappa shape index (κ2) is 13.0. The van der Waals surface area contributed by atoms with E-state index in [9.17, 15) is 4.79 Å². The van der Waals surface area contributed by atoms with Gasteiger partial charge in [-0.25, -0.2) is 10.1 Å². The number of nitrogen functional groups attached to an aromatic ring is 1. The summed E-state index contributed by atoms with van der Waals surface area (Å²) in [6.45, 7) is 10.5. The number of anilines is 2. The van der Waals surface area contributed by atoms with Gasteiger partial charge in [-0.2, -0.15) is 9.97 Å². The molecule has 5 rings (SSSR count). The van der Waals surface area contributed by atoms with Crippen LogP contribution in [0, 0.1) is 11.3 Å². The third kappa shape index (κ3) is 7.33. The lowest BCUT2D eigenvalue weighted by atomic mass is 9.99. The molecule has 4 N–H and O–H groups in total. The second-order valence-corrected chi connectivity index (χ2v) is 13.2. The van der Waals surface area contributed by atoms with E-state index in [-0.39, 0.29) is 42.2 Å². The number of imidazole rings is 1. The molecule has 4 aromatic rings. The number of nitrogens with one attached hydrogen (secondary N) is 2. The van der Waals surface area contributed by atoms with Crippen molar-refractivity contribution in [3.05, 3.63) is 48.8 Å². The summed E-state index contributed by atoms with van der Waals surface area (Å²) in [5.74, 6) is 1.15. The number of carbonyl (C=O) groups excluding carboxylic acids is 1. The molecule has 0 radical (unpaired) electrons. The standard InChI is InChI=1S/C30H40N7O5P/c1-18-14-21(41-27(18)37-17-33-24-25(32-6)34-29(31)35-26(24)37)15-40-43(36-19(2)28(38)39-16-30(3,4)5)42-23-13-9-11-20-10-7-8-12-22(20)23/h7-13,17-19,21,27,36H,14-16H2,1-6H3,(H3,31,32,34,35)/t18-,19?,21-,27?,43?/m0/s1. The zero-order valence-electron chi connectivity index (χ0n) is 25.4. The highest BCUT2D eigenvalue weighted by atomic mass is 31.2. The first kappa shape index (κ1) is 30.9. The number of benzene rings is 2. The SMILES string of the molecule is CNc1nc(N)nc2c1ncn2C1O[C@H](COP(NC(C)C(=O)OCC(C)(C)C)Oc2cccc3ccccc23)C[C@@H]1C. The predicted molar refractivity (Wildman–Crippen MR) is 167 cm³/mol. The molecule has 13 heteroatoms. The molecule has 0 amide bonds. The van der Waals surface area contributed by atoms with Crippen molar-refractivity contribution in [2.45, 2.75) is 59.4 Å². The number of nitrogens with two attached hydrogens (primary N) is 1. The van der Waals surface area contributed by atoms with Crippen LogP contribution in [0.1, 0.15) is 47.3 Å². The van der Waals surface area contributed by atoms with Gasteiger partial charge in [-0.05, 0) is 30.2 Å². The minimum Gasteiger partial charge on any atom is -0.464 e. The number of ether oxygens (including phenoxy) is 2. The minimum absolute atomic E-state index is 0.143. The smallest absolute Gasteiger partial charge is 0.323 e. The first-order valence-corrected chi connectivity index (χ1v) is 15.5. The van der Waals surface area contributed by atoms with Crippen LogP contribution in [0.3, 0.4) is 0 Å². The maximum Gasteiger partial charge on any atom is 0.323 e. The van der Waals surface area contributed by atoms with Crippen molar-refractivity contribution in [2.24, 2.45) is 11.3 Å². The van der Waals surface area contributed by atoms with Crippen LogP contribution >= 0.6 is 8.53 Å². The maximum atomic E-state index is 12.8. The van der Waals surface area contributed by atoms with E-state index in [0.717, 1.165) is 17.2 Å². The molecule has 12 nitrogen and oxygen atoms in total. The molecule has 0 spiro atoms. The van der Waals surface area contributed by atoms with E-state index in [1.165, 1.54) is 0 Å². The zero-order valence-corrected chi connectivity index (χ0v) is 26.3. The molecule has 230 valence electrons. The molecule has 5 atom stereocenters. The van der Waals surface area contributed by atoms with Gasteiger partial charge in [-0.15, -0.1) is 0 Å². The summed E-state index contributed by atoms with van der Waals surface area (Å²) in [5, 5.41) is 8.23. The molecule has 1 aliphatic rings.